The second-order valence-electron chi connectivity index (χ2n) is 6.19. The second-order valence-corrected chi connectivity index (χ2v) is 7.50. The molecular weight excluding hydrogens is 397 g/mol. The highest BCUT2D eigenvalue weighted by Gasteiger charge is 2.20. The third-order valence-electron chi connectivity index (χ3n) is 4.16. The average molecular weight is 415 g/mol. The summed E-state index contributed by atoms with van der Waals surface area (Å²) in [4.78, 5) is 26.7. The molecule has 1 unspecified atom stereocenters. The zero-order valence-electron chi connectivity index (χ0n) is 15.7. The van der Waals surface area contributed by atoms with Gasteiger partial charge in [-0.1, -0.05) is 43.0 Å². The third-order valence-corrected chi connectivity index (χ3v) is 5.12. The SMILES string of the molecule is CCc1ccc(-c2nc(SC(C)C(=O)Nc3ccc(F)c([N+](=O)[O-])c3)n[nH]2)cc1. The Morgan fingerprint density at radius 1 is 1.31 bits per heavy atom. The summed E-state index contributed by atoms with van der Waals surface area (Å²) in [5.41, 5.74) is 1.55. The predicted molar refractivity (Wildman–Crippen MR) is 108 cm³/mol. The van der Waals surface area contributed by atoms with Crippen LogP contribution in [0.5, 0.6) is 0 Å². The van der Waals surface area contributed by atoms with Gasteiger partial charge in [0.2, 0.25) is 16.9 Å². The molecule has 0 fully saturated rings. The number of rotatable bonds is 7. The first-order chi connectivity index (χ1) is 13.9. The van der Waals surface area contributed by atoms with Crippen LogP contribution in [0.4, 0.5) is 15.8 Å². The van der Waals surface area contributed by atoms with Gasteiger partial charge < -0.3 is 5.32 Å². The largest absolute Gasteiger partial charge is 0.325 e. The van der Waals surface area contributed by atoms with Crippen molar-refractivity contribution in [1.29, 1.82) is 0 Å². The molecule has 1 aromatic heterocycles. The smallest absolute Gasteiger partial charge is 0.306 e. The van der Waals surface area contributed by atoms with Gasteiger partial charge in [-0.15, -0.1) is 5.10 Å². The van der Waals surface area contributed by atoms with E-state index in [-0.39, 0.29) is 5.69 Å². The van der Waals surface area contributed by atoms with Crippen molar-refractivity contribution in [2.75, 3.05) is 5.32 Å². The minimum atomic E-state index is -0.962. The molecule has 0 aliphatic heterocycles. The number of nitrogens with zero attached hydrogens (tertiary/aromatic N) is 3. The fourth-order valence-electron chi connectivity index (χ4n) is 2.51. The Labute approximate surface area is 170 Å². The molecule has 0 aliphatic carbocycles. The number of nitro benzene ring substituents is 1. The lowest BCUT2D eigenvalue weighted by atomic mass is 10.1. The molecule has 1 amide bonds. The molecule has 2 N–H and O–H groups in total. The Morgan fingerprint density at radius 2 is 2.03 bits per heavy atom. The summed E-state index contributed by atoms with van der Waals surface area (Å²) in [5.74, 6) is -0.776. The van der Waals surface area contributed by atoms with Crippen LogP contribution < -0.4 is 5.32 Å². The van der Waals surface area contributed by atoms with Crippen LogP contribution in [0.3, 0.4) is 0 Å². The van der Waals surface area contributed by atoms with E-state index < -0.39 is 27.6 Å². The number of benzene rings is 2. The van der Waals surface area contributed by atoms with Crippen LogP contribution in [0.25, 0.3) is 11.4 Å². The number of aryl methyl sites for hydroxylation is 1. The van der Waals surface area contributed by atoms with E-state index >= 15 is 0 Å². The molecule has 0 spiro atoms. The highest BCUT2D eigenvalue weighted by molar-refractivity contribution is 8.00. The van der Waals surface area contributed by atoms with Crippen molar-refractivity contribution in [3.05, 3.63) is 64.0 Å². The normalized spacial score (nSPS) is 11.8. The summed E-state index contributed by atoms with van der Waals surface area (Å²) in [6.45, 7) is 3.73. The number of aromatic nitrogens is 3. The number of nitrogens with one attached hydrogen (secondary N) is 2. The molecular formula is C19H18FN5O3S. The molecule has 2 aromatic carbocycles. The minimum Gasteiger partial charge on any atom is -0.325 e. The molecule has 8 nitrogen and oxygen atoms in total. The fraction of sp³-hybridized carbons (Fsp3) is 0.211. The molecule has 29 heavy (non-hydrogen) atoms. The van der Waals surface area contributed by atoms with Crippen LogP contribution in [0.1, 0.15) is 19.4 Å². The maximum atomic E-state index is 13.4. The van der Waals surface area contributed by atoms with Gasteiger partial charge in [0, 0.05) is 17.3 Å². The maximum Gasteiger partial charge on any atom is 0.306 e. The first kappa shape index (κ1) is 20.5. The van der Waals surface area contributed by atoms with Crippen molar-refractivity contribution in [2.45, 2.75) is 30.7 Å². The molecule has 0 bridgehead atoms. The predicted octanol–water partition coefficient (Wildman–Crippen LogP) is 4.20. The number of hydrogen-bond acceptors (Lipinski definition) is 6. The monoisotopic (exact) mass is 415 g/mol. The molecule has 0 aliphatic rings. The van der Waals surface area contributed by atoms with Gasteiger partial charge in [0.1, 0.15) is 0 Å². The quantitative estimate of drug-likeness (QED) is 0.340. The summed E-state index contributed by atoms with van der Waals surface area (Å²) >= 11 is 1.13. The van der Waals surface area contributed by atoms with Gasteiger partial charge in [0.15, 0.2) is 5.82 Å². The van der Waals surface area contributed by atoms with Gasteiger partial charge in [0.25, 0.3) is 0 Å². The number of carbonyl (C=O) groups excluding carboxylic acids is 1. The number of anilines is 1. The molecule has 1 atom stereocenters. The van der Waals surface area contributed by atoms with Gasteiger partial charge in [-0.25, -0.2) is 4.98 Å². The highest BCUT2D eigenvalue weighted by atomic mass is 32.2. The van der Waals surface area contributed by atoms with Crippen LogP contribution in [0.2, 0.25) is 0 Å². The highest BCUT2D eigenvalue weighted by Crippen LogP contribution is 2.25. The Balaban J connectivity index is 1.65. The zero-order chi connectivity index (χ0) is 21.0. The summed E-state index contributed by atoms with van der Waals surface area (Å²) in [6, 6.07) is 11.1. The fourth-order valence-corrected chi connectivity index (χ4v) is 3.24. The van der Waals surface area contributed by atoms with Gasteiger partial charge in [0.05, 0.1) is 10.2 Å². The van der Waals surface area contributed by atoms with Crippen LogP contribution in [-0.2, 0) is 11.2 Å². The first-order valence-corrected chi connectivity index (χ1v) is 9.68. The Kier molecular flexibility index (Phi) is 6.23. The zero-order valence-corrected chi connectivity index (χ0v) is 16.5. The molecule has 0 radical (unpaired) electrons. The van der Waals surface area contributed by atoms with Crippen molar-refractivity contribution >= 4 is 29.0 Å². The van der Waals surface area contributed by atoms with E-state index in [9.17, 15) is 19.3 Å². The number of amides is 1. The van der Waals surface area contributed by atoms with Crippen molar-refractivity contribution < 1.29 is 14.1 Å². The van der Waals surface area contributed by atoms with E-state index in [1.807, 2.05) is 24.3 Å². The van der Waals surface area contributed by atoms with E-state index in [0.717, 1.165) is 35.9 Å². The Hall–Kier alpha value is -3.27. The topological polar surface area (TPSA) is 114 Å². The number of thioether (sulfide) groups is 1. The van der Waals surface area contributed by atoms with Crippen molar-refractivity contribution in [2.24, 2.45) is 0 Å². The molecule has 3 aromatic rings. The lowest BCUT2D eigenvalue weighted by molar-refractivity contribution is -0.387. The molecule has 10 heteroatoms. The number of halogens is 1. The lowest BCUT2D eigenvalue weighted by Gasteiger charge is -2.10. The third kappa shape index (κ3) is 4.96. The van der Waals surface area contributed by atoms with Gasteiger partial charge >= 0.3 is 5.69 Å². The molecule has 1 heterocycles. The van der Waals surface area contributed by atoms with E-state index in [4.69, 9.17) is 0 Å². The van der Waals surface area contributed by atoms with E-state index in [0.29, 0.717) is 11.0 Å². The van der Waals surface area contributed by atoms with Crippen molar-refractivity contribution in [3.63, 3.8) is 0 Å². The van der Waals surface area contributed by atoms with Gasteiger partial charge in [-0.3, -0.25) is 20.0 Å². The average Bonchev–Trinajstić information content (AvgIpc) is 3.17. The number of hydrogen-bond donors (Lipinski definition) is 2. The first-order valence-electron chi connectivity index (χ1n) is 8.80. The molecule has 150 valence electrons. The molecule has 0 saturated heterocycles. The summed E-state index contributed by atoms with van der Waals surface area (Å²) in [7, 11) is 0. The summed E-state index contributed by atoms with van der Waals surface area (Å²) in [5, 5.41) is 20.1. The summed E-state index contributed by atoms with van der Waals surface area (Å²) < 4.78 is 13.4. The minimum absolute atomic E-state index is 0.141. The molecule has 3 rings (SSSR count). The van der Waals surface area contributed by atoms with Crippen molar-refractivity contribution in [1.82, 2.24) is 15.2 Å². The van der Waals surface area contributed by atoms with Crippen LogP contribution >= 0.6 is 11.8 Å². The summed E-state index contributed by atoms with van der Waals surface area (Å²) in [6.07, 6.45) is 0.946. The Bertz CT molecular complexity index is 1040. The van der Waals surface area contributed by atoms with E-state index in [1.165, 1.54) is 11.6 Å². The number of aromatic amines is 1. The molecule has 0 saturated carbocycles. The number of nitro groups is 1. The maximum absolute atomic E-state index is 13.4. The van der Waals surface area contributed by atoms with Crippen molar-refractivity contribution in [3.8, 4) is 11.4 Å². The van der Waals surface area contributed by atoms with Gasteiger partial charge in [-0.05, 0) is 31.0 Å². The number of H-pyrrole nitrogens is 1. The van der Waals surface area contributed by atoms with Crippen LogP contribution in [0, 0.1) is 15.9 Å². The standard InChI is InChI=1S/C19H18FN5O3S/c1-3-12-4-6-13(7-5-12)17-22-19(24-23-17)29-11(2)18(26)21-14-8-9-15(20)16(10-14)25(27)28/h4-11H,3H2,1-2H3,(H,21,26)(H,22,23,24). The van der Waals surface area contributed by atoms with E-state index in [2.05, 4.69) is 27.4 Å². The Morgan fingerprint density at radius 3 is 2.69 bits per heavy atom. The number of carbonyl (C=O) groups is 1. The second kappa shape index (κ2) is 8.82. The van der Waals surface area contributed by atoms with Crippen LogP contribution in [-0.4, -0.2) is 31.3 Å². The van der Waals surface area contributed by atoms with Gasteiger partial charge in [-0.2, -0.15) is 4.39 Å². The van der Waals surface area contributed by atoms with E-state index in [1.54, 1.807) is 6.92 Å². The lowest BCUT2D eigenvalue weighted by Crippen LogP contribution is -2.22. The van der Waals surface area contributed by atoms with Crippen LogP contribution in [0.15, 0.2) is 47.6 Å².